The Labute approximate surface area is 459 Å². The monoisotopic (exact) mass is 1270 g/mol. The summed E-state index contributed by atoms with van der Waals surface area (Å²) in [7, 11) is 0. The number of rotatable bonds is 16. The van der Waals surface area contributed by atoms with Gasteiger partial charge in [-0.2, -0.15) is 0 Å². The van der Waals surface area contributed by atoms with E-state index in [1.54, 1.807) is 0 Å². The van der Waals surface area contributed by atoms with Crippen molar-refractivity contribution in [1.82, 2.24) is 0 Å². The van der Waals surface area contributed by atoms with Crippen LogP contribution < -0.4 is 0 Å². The maximum Gasteiger partial charge on any atom is 4.00 e. The van der Waals surface area contributed by atoms with E-state index in [0.717, 1.165) is 24.8 Å². The van der Waals surface area contributed by atoms with E-state index in [-0.39, 0.29) is 55.6 Å². The number of fused-ring (bicyclic) bond motifs is 5. The largest absolute Gasteiger partial charge is 4.00 e. The van der Waals surface area contributed by atoms with Gasteiger partial charge in [-0.1, -0.05) is 46.3 Å². The molecule has 23 heteroatoms. The van der Waals surface area contributed by atoms with Crippen LogP contribution in [0.2, 0.25) is 0 Å². The van der Waals surface area contributed by atoms with Crippen molar-refractivity contribution in [2.45, 2.75) is 248 Å². The van der Waals surface area contributed by atoms with Gasteiger partial charge in [0.1, 0.15) is 91.6 Å². The molecule has 0 aromatic heterocycles. The van der Waals surface area contributed by atoms with Crippen LogP contribution in [0.1, 0.15) is 113 Å². The van der Waals surface area contributed by atoms with Crippen LogP contribution >= 0.6 is 0 Å². The Morgan fingerprint density at radius 1 is 0.566 bits per heavy atom. The first-order valence-corrected chi connectivity index (χ1v) is 27.3. The molecule has 0 radical (unpaired) electrons. The molecule has 440 valence electrons. The van der Waals surface area contributed by atoms with Crippen LogP contribution in [0.3, 0.4) is 0 Å². The standard InChI is InChI=1S/C53H90O22.Pt/c1-23(2)10-9-14-53(8,75-47-43(67)39(63)37(61)29(72-47)22-68-45-41(65)36(60)28(21-56)69-45)24-11-16-52(7)33(24)25(57)18-31-50(5)15-13-32(49(3,4)30(50)12-17-51(31,52)6)73-48-44(40(64)35(59)27(20-55)71-48)74-46-42(66)38(62)34(58)26(19-54)70-46;/h10,24-48,54-67H,9,11-22H2,1-8H3;/q;+4/t24-,25+,26+,27+,28+,29+,30-,31?,32-,33?,34+,35+,36+,37+,38-,39-,40-,41-,42+,43+,44+,45-,46-,47-,48-,50-,51+,52+,53+;/m0./s1. The minimum atomic E-state index is -1.81. The van der Waals surface area contributed by atoms with Gasteiger partial charge in [-0.3, -0.25) is 0 Å². The molecular weight excluding hydrogens is 1180 g/mol. The summed E-state index contributed by atoms with van der Waals surface area (Å²) >= 11 is 0. The molecule has 4 saturated carbocycles. The van der Waals surface area contributed by atoms with Crippen molar-refractivity contribution in [3.8, 4) is 0 Å². The van der Waals surface area contributed by atoms with Crippen molar-refractivity contribution in [3.63, 3.8) is 0 Å². The zero-order chi connectivity index (χ0) is 55.1. The number of aliphatic hydroxyl groups is 14. The van der Waals surface area contributed by atoms with Gasteiger partial charge < -0.3 is 109 Å². The molecule has 8 aliphatic rings. The van der Waals surface area contributed by atoms with Crippen LogP contribution in [0.25, 0.3) is 0 Å². The second-order valence-electron chi connectivity index (χ2n) is 25.3. The van der Waals surface area contributed by atoms with Gasteiger partial charge in [0.05, 0.1) is 44.2 Å². The van der Waals surface area contributed by atoms with Crippen molar-refractivity contribution >= 4 is 0 Å². The number of ether oxygens (including phenoxy) is 8. The third-order valence-corrected chi connectivity index (χ3v) is 20.5. The summed E-state index contributed by atoms with van der Waals surface area (Å²) in [6.07, 6.45) is -22.1. The van der Waals surface area contributed by atoms with E-state index >= 15 is 0 Å². The summed E-state index contributed by atoms with van der Waals surface area (Å²) in [4.78, 5) is 0. The fourth-order valence-electron chi connectivity index (χ4n) is 16.1. The second-order valence-corrected chi connectivity index (χ2v) is 25.3. The Hall–Kier alpha value is -0.452. The van der Waals surface area contributed by atoms with Crippen molar-refractivity contribution in [2.75, 3.05) is 26.4 Å². The van der Waals surface area contributed by atoms with Crippen LogP contribution in [-0.2, 0) is 59.0 Å². The molecule has 0 aromatic carbocycles. The zero-order valence-electron chi connectivity index (χ0n) is 45.0. The SMILES string of the molecule is CC(C)=CCC[C@@](C)(O[C@@H]1O[C@H](CO[C@H]2O[C@H](CO)[C@@H](O)[C@@H]2O)[C@@H](O)[C@H](O)[C@H]1O)[C@H]1CC[C@]2(C)C1[C@H](O)CC1[C@@]3(C)CC[C@H](O[C@@H]4O[C@H](CO)[C@@H](O)[C@H](O)[C@H]4O[C@@H]4O[C@H](CO)[C@@H](O)[C@H](O)[C@H]4O)C(C)(C)[C@@H]3CC[C@]12C.[Pt+4]. The Bertz CT molecular complexity index is 1950. The molecule has 4 aliphatic heterocycles. The first-order valence-electron chi connectivity index (χ1n) is 27.3. The molecule has 4 aliphatic carbocycles. The minimum absolute atomic E-state index is 0. The van der Waals surface area contributed by atoms with E-state index in [2.05, 4.69) is 40.7 Å². The molecule has 14 N–H and O–H groups in total. The van der Waals surface area contributed by atoms with E-state index in [4.69, 9.17) is 37.9 Å². The predicted molar refractivity (Wildman–Crippen MR) is 260 cm³/mol. The molecule has 0 aromatic rings. The summed E-state index contributed by atoms with van der Waals surface area (Å²) in [5.74, 6) is -0.394. The van der Waals surface area contributed by atoms with Gasteiger partial charge in [-0.25, -0.2) is 0 Å². The quantitative estimate of drug-likeness (QED) is 0.0613. The summed E-state index contributed by atoms with van der Waals surface area (Å²) in [6.45, 7) is 14.9. The predicted octanol–water partition coefficient (Wildman–Crippen LogP) is -1.57. The molecule has 76 heavy (non-hydrogen) atoms. The molecule has 0 amide bonds. The molecule has 4 saturated heterocycles. The fraction of sp³-hybridized carbons (Fsp3) is 0.962. The van der Waals surface area contributed by atoms with E-state index in [9.17, 15) is 71.5 Å². The number of hydrogen-bond donors (Lipinski definition) is 14. The molecular formula is C53H90O22Pt+4. The molecule has 8 fully saturated rings. The smallest absolute Gasteiger partial charge is 0.394 e. The molecule has 0 bridgehead atoms. The van der Waals surface area contributed by atoms with Gasteiger partial charge >= 0.3 is 21.1 Å². The van der Waals surface area contributed by atoms with Gasteiger partial charge in [-0.05, 0) is 124 Å². The zero-order valence-corrected chi connectivity index (χ0v) is 47.3. The number of aliphatic hydroxyl groups excluding tert-OH is 14. The third-order valence-electron chi connectivity index (χ3n) is 20.5. The van der Waals surface area contributed by atoms with Crippen molar-refractivity contribution < 1.29 is 130 Å². The van der Waals surface area contributed by atoms with Gasteiger partial charge in [0, 0.05) is 0 Å². The Morgan fingerprint density at radius 2 is 1.08 bits per heavy atom. The second kappa shape index (κ2) is 24.0. The Kier molecular flexibility index (Phi) is 20.0. The number of hydrogen-bond acceptors (Lipinski definition) is 22. The topological polar surface area (TPSA) is 357 Å². The fourth-order valence-corrected chi connectivity index (χ4v) is 16.1. The van der Waals surface area contributed by atoms with E-state index in [0.29, 0.717) is 38.5 Å². The molecule has 22 nitrogen and oxygen atoms in total. The van der Waals surface area contributed by atoms with Crippen LogP contribution in [-0.4, -0.2) is 232 Å². The van der Waals surface area contributed by atoms with Crippen molar-refractivity contribution in [2.24, 2.45) is 45.3 Å². The normalized spacial score (nSPS) is 51.9. The van der Waals surface area contributed by atoms with Gasteiger partial charge in [0.2, 0.25) is 0 Å². The Balaban J connectivity index is 0.00000840. The summed E-state index contributed by atoms with van der Waals surface area (Å²) in [5, 5.41) is 151. The van der Waals surface area contributed by atoms with Gasteiger partial charge in [-0.15, -0.1) is 0 Å². The van der Waals surface area contributed by atoms with E-state index in [1.807, 2.05) is 20.8 Å². The molecule has 2 unspecified atom stereocenters. The number of allylic oxidation sites excluding steroid dienone is 2. The Morgan fingerprint density at radius 3 is 1.68 bits per heavy atom. The van der Waals surface area contributed by atoms with Crippen molar-refractivity contribution in [1.29, 1.82) is 0 Å². The minimum Gasteiger partial charge on any atom is -0.394 e. The molecule has 8 rings (SSSR count). The van der Waals surface area contributed by atoms with Crippen LogP contribution in [0.4, 0.5) is 0 Å². The summed E-state index contributed by atoms with van der Waals surface area (Å²) in [5.41, 5.74) is -1.47. The summed E-state index contributed by atoms with van der Waals surface area (Å²) in [6, 6.07) is 0. The summed E-state index contributed by atoms with van der Waals surface area (Å²) < 4.78 is 48.9. The maximum atomic E-state index is 12.8. The maximum absolute atomic E-state index is 12.8. The van der Waals surface area contributed by atoms with E-state index in [1.165, 1.54) is 0 Å². The van der Waals surface area contributed by atoms with E-state index < -0.39 is 172 Å². The first-order chi connectivity index (χ1) is 35.1. The third kappa shape index (κ3) is 11.0. The van der Waals surface area contributed by atoms with Crippen LogP contribution in [0.5, 0.6) is 0 Å². The molecule has 4 heterocycles. The molecule has 29 atom stereocenters. The van der Waals surface area contributed by atoms with Gasteiger partial charge in [0.15, 0.2) is 25.2 Å². The first kappa shape index (κ1) is 63.1. The average molecular weight is 1270 g/mol. The van der Waals surface area contributed by atoms with Gasteiger partial charge in [0.25, 0.3) is 0 Å². The van der Waals surface area contributed by atoms with Crippen LogP contribution in [0, 0.1) is 45.3 Å². The molecule has 0 spiro atoms. The average Bonchev–Trinajstić information content (AvgIpc) is 3.90. The van der Waals surface area contributed by atoms with Crippen LogP contribution in [0.15, 0.2) is 11.6 Å². The van der Waals surface area contributed by atoms with Crippen molar-refractivity contribution in [3.05, 3.63) is 11.6 Å².